The third-order valence-corrected chi connectivity index (χ3v) is 4.90. The van der Waals surface area contributed by atoms with Crippen molar-refractivity contribution >= 4 is 11.6 Å². The molecule has 118 valence electrons. The predicted octanol–water partition coefficient (Wildman–Crippen LogP) is 3.02. The van der Waals surface area contributed by atoms with Crippen LogP contribution in [0.15, 0.2) is 24.3 Å². The first-order valence-electron chi connectivity index (χ1n) is 7.99. The van der Waals surface area contributed by atoms with E-state index in [2.05, 4.69) is 41.2 Å². The van der Waals surface area contributed by atoms with Crippen LogP contribution in [0.5, 0.6) is 0 Å². The molecule has 1 aliphatic rings. The minimum atomic E-state index is 0.378. The molecule has 0 radical (unpaired) electrons. The van der Waals surface area contributed by atoms with E-state index >= 15 is 0 Å². The molecule has 0 spiro atoms. The first kappa shape index (κ1) is 16.8. The van der Waals surface area contributed by atoms with Gasteiger partial charge in [0.05, 0.1) is 0 Å². The Morgan fingerprint density at radius 3 is 2.86 bits per heavy atom. The summed E-state index contributed by atoms with van der Waals surface area (Å²) in [6, 6.07) is 9.28. The Labute approximate surface area is 134 Å². The predicted molar refractivity (Wildman–Crippen MR) is 91.0 cm³/mol. The highest BCUT2D eigenvalue weighted by atomic mass is 35.5. The minimum Gasteiger partial charge on any atom is -0.313 e. The summed E-state index contributed by atoms with van der Waals surface area (Å²) in [4.78, 5) is 5.09. The molecule has 0 aliphatic carbocycles. The van der Waals surface area contributed by atoms with E-state index in [1.165, 1.54) is 31.6 Å². The second-order valence-electron chi connectivity index (χ2n) is 6.03. The van der Waals surface area contributed by atoms with Crippen molar-refractivity contribution in [2.45, 2.75) is 31.8 Å². The van der Waals surface area contributed by atoms with Gasteiger partial charge in [-0.2, -0.15) is 0 Å². The fourth-order valence-corrected chi connectivity index (χ4v) is 3.37. The lowest BCUT2D eigenvalue weighted by Gasteiger charge is -2.39. The molecule has 1 fully saturated rings. The SMILES string of the molecule is CCC1CN(CCC(NC)c2cccc(Cl)c2)CCN1C. The molecule has 1 aromatic rings. The molecule has 2 rings (SSSR count). The lowest BCUT2D eigenvalue weighted by Crippen LogP contribution is -2.51. The average Bonchev–Trinajstić information content (AvgIpc) is 2.49. The molecular formula is C17H28ClN3. The van der Waals surface area contributed by atoms with Gasteiger partial charge in [0.25, 0.3) is 0 Å². The van der Waals surface area contributed by atoms with Crippen molar-refractivity contribution < 1.29 is 0 Å². The van der Waals surface area contributed by atoms with Crippen molar-refractivity contribution in [1.82, 2.24) is 15.1 Å². The third-order valence-electron chi connectivity index (χ3n) is 4.67. The summed E-state index contributed by atoms with van der Waals surface area (Å²) in [7, 11) is 4.28. The number of nitrogens with zero attached hydrogens (tertiary/aromatic N) is 2. The van der Waals surface area contributed by atoms with Crippen LogP contribution in [0.2, 0.25) is 5.02 Å². The molecular weight excluding hydrogens is 282 g/mol. The molecule has 1 N–H and O–H groups in total. The molecule has 0 bridgehead atoms. The van der Waals surface area contributed by atoms with E-state index in [9.17, 15) is 0 Å². The van der Waals surface area contributed by atoms with Crippen molar-refractivity contribution in [1.29, 1.82) is 0 Å². The van der Waals surface area contributed by atoms with Crippen LogP contribution in [-0.2, 0) is 0 Å². The first-order valence-corrected chi connectivity index (χ1v) is 8.37. The van der Waals surface area contributed by atoms with Crippen molar-refractivity contribution in [3.05, 3.63) is 34.9 Å². The minimum absolute atomic E-state index is 0.378. The highest BCUT2D eigenvalue weighted by Gasteiger charge is 2.23. The Morgan fingerprint density at radius 1 is 1.38 bits per heavy atom. The maximum absolute atomic E-state index is 6.10. The van der Waals surface area contributed by atoms with Gasteiger partial charge < -0.3 is 15.1 Å². The monoisotopic (exact) mass is 309 g/mol. The number of rotatable bonds is 6. The maximum atomic E-state index is 6.10. The highest BCUT2D eigenvalue weighted by molar-refractivity contribution is 6.30. The van der Waals surface area contributed by atoms with Crippen molar-refractivity contribution in [2.24, 2.45) is 0 Å². The van der Waals surface area contributed by atoms with E-state index < -0.39 is 0 Å². The van der Waals surface area contributed by atoms with Gasteiger partial charge in [0.1, 0.15) is 0 Å². The normalized spacial score (nSPS) is 22.4. The van der Waals surface area contributed by atoms with Gasteiger partial charge in [0.15, 0.2) is 0 Å². The molecule has 1 saturated heterocycles. The molecule has 3 nitrogen and oxygen atoms in total. The summed E-state index contributed by atoms with van der Waals surface area (Å²) in [5.74, 6) is 0. The van der Waals surface area contributed by atoms with Gasteiger partial charge in [-0.25, -0.2) is 0 Å². The summed E-state index contributed by atoms with van der Waals surface area (Å²) >= 11 is 6.10. The van der Waals surface area contributed by atoms with Crippen LogP contribution in [-0.4, -0.2) is 56.1 Å². The quantitative estimate of drug-likeness (QED) is 0.871. The third kappa shape index (κ3) is 4.68. The Bertz CT molecular complexity index is 438. The zero-order chi connectivity index (χ0) is 15.2. The molecule has 2 atom stereocenters. The molecule has 21 heavy (non-hydrogen) atoms. The first-order chi connectivity index (χ1) is 10.1. The number of hydrogen-bond donors (Lipinski definition) is 1. The zero-order valence-electron chi connectivity index (χ0n) is 13.5. The van der Waals surface area contributed by atoms with Crippen LogP contribution >= 0.6 is 11.6 Å². The van der Waals surface area contributed by atoms with Gasteiger partial charge >= 0.3 is 0 Å². The maximum Gasteiger partial charge on any atom is 0.0409 e. The van der Waals surface area contributed by atoms with E-state index in [0.29, 0.717) is 12.1 Å². The number of piperazine rings is 1. The summed E-state index contributed by atoms with van der Waals surface area (Å²) in [6.45, 7) is 6.98. The Hall–Kier alpha value is -0.610. The number of halogens is 1. The van der Waals surface area contributed by atoms with Crippen LogP contribution in [0.1, 0.15) is 31.4 Å². The van der Waals surface area contributed by atoms with Crippen LogP contribution in [0.25, 0.3) is 0 Å². The van der Waals surface area contributed by atoms with Gasteiger partial charge in [-0.1, -0.05) is 30.7 Å². The standard InChI is InChI=1S/C17H28ClN3/c1-4-16-13-21(11-10-20(16)3)9-8-17(19-2)14-6-5-7-15(18)12-14/h5-7,12,16-17,19H,4,8-11,13H2,1-3H3. The van der Waals surface area contributed by atoms with Gasteiger partial charge in [-0.3, -0.25) is 0 Å². The van der Waals surface area contributed by atoms with Crippen molar-refractivity contribution in [3.63, 3.8) is 0 Å². The molecule has 0 aromatic heterocycles. The summed E-state index contributed by atoms with van der Waals surface area (Å²) in [5, 5.41) is 4.24. The zero-order valence-corrected chi connectivity index (χ0v) is 14.2. The molecule has 0 saturated carbocycles. The van der Waals surface area contributed by atoms with Crippen LogP contribution in [0.4, 0.5) is 0 Å². The fourth-order valence-electron chi connectivity index (χ4n) is 3.17. The lowest BCUT2D eigenvalue weighted by molar-refractivity contribution is 0.0904. The molecule has 1 aromatic carbocycles. The van der Waals surface area contributed by atoms with Gasteiger partial charge in [0, 0.05) is 43.3 Å². The summed E-state index contributed by atoms with van der Waals surface area (Å²) in [6.07, 6.45) is 2.35. The number of nitrogens with one attached hydrogen (secondary N) is 1. The average molecular weight is 310 g/mol. The summed E-state index contributed by atoms with van der Waals surface area (Å²) in [5.41, 5.74) is 1.28. The Morgan fingerprint density at radius 2 is 2.19 bits per heavy atom. The number of benzene rings is 1. The van der Waals surface area contributed by atoms with Crippen LogP contribution < -0.4 is 5.32 Å². The molecule has 4 heteroatoms. The Kier molecular flexibility index (Phi) is 6.49. The smallest absolute Gasteiger partial charge is 0.0409 e. The van der Waals surface area contributed by atoms with Gasteiger partial charge in [-0.15, -0.1) is 0 Å². The largest absolute Gasteiger partial charge is 0.313 e. The van der Waals surface area contributed by atoms with Crippen LogP contribution in [0.3, 0.4) is 0 Å². The summed E-state index contributed by atoms with van der Waals surface area (Å²) < 4.78 is 0. The second-order valence-corrected chi connectivity index (χ2v) is 6.46. The second kappa shape index (κ2) is 8.14. The van der Waals surface area contributed by atoms with E-state index in [4.69, 9.17) is 11.6 Å². The van der Waals surface area contributed by atoms with Crippen molar-refractivity contribution in [2.75, 3.05) is 40.3 Å². The number of likely N-dealkylation sites (N-methyl/N-ethyl adjacent to an activating group) is 1. The van der Waals surface area contributed by atoms with E-state index in [0.717, 1.165) is 18.0 Å². The van der Waals surface area contributed by atoms with E-state index in [-0.39, 0.29) is 0 Å². The van der Waals surface area contributed by atoms with Crippen LogP contribution in [0, 0.1) is 0 Å². The molecule has 1 heterocycles. The molecule has 0 amide bonds. The topological polar surface area (TPSA) is 18.5 Å². The molecule has 1 aliphatic heterocycles. The van der Waals surface area contributed by atoms with Crippen molar-refractivity contribution in [3.8, 4) is 0 Å². The van der Waals surface area contributed by atoms with E-state index in [1.54, 1.807) is 0 Å². The highest BCUT2D eigenvalue weighted by Crippen LogP contribution is 2.21. The number of hydrogen-bond acceptors (Lipinski definition) is 3. The van der Waals surface area contributed by atoms with E-state index in [1.807, 2.05) is 19.2 Å². The fraction of sp³-hybridized carbons (Fsp3) is 0.647. The Balaban J connectivity index is 1.88. The van der Waals surface area contributed by atoms with Gasteiger partial charge in [-0.05, 0) is 44.6 Å². The lowest BCUT2D eigenvalue weighted by atomic mass is 10.0. The molecule has 2 unspecified atom stereocenters. The van der Waals surface area contributed by atoms with Gasteiger partial charge in [0.2, 0.25) is 0 Å².